The third-order valence-corrected chi connectivity index (χ3v) is 7.09. The average molecular weight is 457 g/mol. The van der Waals surface area contributed by atoms with Crippen molar-refractivity contribution in [2.45, 2.75) is 18.9 Å². The van der Waals surface area contributed by atoms with E-state index in [1.165, 1.54) is 0 Å². The molecule has 1 atom stereocenters. The molecule has 0 saturated carbocycles. The standard InChI is InChI=1S/C29H20N4O2/c34-25-12-11-16-17(25)7-3-8-20(16)29(35)33-27-19-6-2-1-5-18(19)26-21(27)9-4-10-22(26)28-31-23-13-14-30-15-24(23)32-28/h1-10,13-15,27H,11-12H2,(H,31,32)(H,33,35). The second-order valence-electron chi connectivity index (χ2n) is 9.00. The number of nitrogens with zero attached hydrogens (tertiary/aromatic N) is 2. The molecule has 2 aliphatic rings. The Hall–Kier alpha value is -4.58. The fourth-order valence-corrected chi connectivity index (χ4v) is 5.50. The third-order valence-electron chi connectivity index (χ3n) is 7.09. The van der Waals surface area contributed by atoms with E-state index >= 15 is 0 Å². The fraction of sp³-hybridized carbons (Fsp3) is 0.103. The number of aromatic nitrogens is 3. The summed E-state index contributed by atoms with van der Waals surface area (Å²) in [4.78, 5) is 38.1. The van der Waals surface area contributed by atoms with Crippen LogP contribution in [-0.4, -0.2) is 26.6 Å². The summed E-state index contributed by atoms with van der Waals surface area (Å²) in [6.07, 6.45) is 4.58. The number of pyridine rings is 1. The minimum Gasteiger partial charge on any atom is -0.341 e. The van der Waals surface area contributed by atoms with Crippen LogP contribution in [0.25, 0.3) is 33.5 Å². The summed E-state index contributed by atoms with van der Waals surface area (Å²) < 4.78 is 0. The van der Waals surface area contributed by atoms with Crippen molar-refractivity contribution in [3.63, 3.8) is 0 Å². The zero-order chi connectivity index (χ0) is 23.5. The fourth-order valence-electron chi connectivity index (χ4n) is 5.50. The predicted molar refractivity (Wildman–Crippen MR) is 133 cm³/mol. The lowest BCUT2D eigenvalue weighted by molar-refractivity contribution is 0.0942. The number of amides is 1. The molecule has 2 N–H and O–H groups in total. The number of carbonyl (C=O) groups excluding carboxylic acids is 2. The molecule has 7 rings (SSSR count). The molecule has 0 spiro atoms. The quantitative estimate of drug-likeness (QED) is 0.388. The second-order valence-corrected chi connectivity index (χ2v) is 9.00. The van der Waals surface area contributed by atoms with Crippen molar-refractivity contribution in [2.75, 3.05) is 0 Å². The first-order valence-electron chi connectivity index (χ1n) is 11.7. The maximum Gasteiger partial charge on any atom is 0.252 e. The van der Waals surface area contributed by atoms with Crippen LogP contribution >= 0.6 is 0 Å². The molecule has 5 aromatic rings. The summed E-state index contributed by atoms with van der Waals surface area (Å²) in [6.45, 7) is 0. The van der Waals surface area contributed by atoms with Crippen LogP contribution in [0.4, 0.5) is 0 Å². The van der Waals surface area contributed by atoms with Crippen molar-refractivity contribution in [3.8, 4) is 22.5 Å². The zero-order valence-corrected chi connectivity index (χ0v) is 18.7. The Balaban J connectivity index is 1.34. The smallest absolute Gasteiger partial charge is 0.252 e. The highest BCUT2D eigenvalue weighted by molar-refractivity contribution is 6.06. The first-order valence-corrected chi connectivity index (χ1v) is 11.7. The Morgan fingerprint density at radius 1 is 0.886 bits per heavy atom. The molecule has 2 aliphatic carbocycles. The van der Waals surface area contributed by atoms with Gasteiger partial charge in [0.1, 0.15) is 5.82 Å². The summed E-state index contributed by atoms with van der Waals surface area (Å²) >= 11 is 0. The van der Waals surface area contributed by atoms with Gasteiger partial charge in [-0.05, 0) is 46.4 Å². The van der Waals surface area contributed by atoms with E-state index in [-0.39, 0.29) is 17.7 Å². The highest BCUT2D eigenvalue weighted by Crippen LogP contribution is 2.47. The summed E-state index contributed by atoms with van der Waals surface area (Å²) in [5, 5.41) is 3.27. The predicted octanol–water partition coefficient (Wildman–Crippen LogP) is 5.25. The minimum atomic E-state index is -0.298. The molecule has 1 unspecified atom stereocenters. The SMILES string of the molecule is O=C1CCc2c1cccc2C(=O)NC1c2ccccc2-c2c(-c3nc4ccncc4[nH]3)cccc21. The van der Waals surface area contributed by atoms with E-state index in [9.17, 15) is 9.59 Å². The number of hydrogen-bond donors (Lipinski definition) is 2. The number of nitrogens with one attached hydrogen (secondary N) is 2. The number of rotatable bonds is 3. The summed E-state index contributed by atoms with van der Waals surface area (Å²) in [5.41, 5.74) is 9.04. The Bertz CT molecular complexity index is 1650. The van der Waals surface area contributed by atoms with Gasteiger partial charge in [0.05, 0.1) is 23.3 Å². The minimum absolute atomic E-state index is 0.108. The molecule has 0 radical (unpaired) electrons. The summed E-state index contributed by atoms with van der Waals surface area (Å²) in [6, 6.07) is 21.3. The molecule has 168 valence electrons. The van der Waals surface area contributed by atoms with Gasteiger partial charge in [0, 0.05) is 29.3 Å². The van der Waals surface area contributed by atoms with Gasteiger partial charge in [0.2, 0.25) is 0 Å². The third kappa shape index (κ3) is 2.96. The summed E-state index contributed by atoms with van der Waals surface area (Å²) in [5.74, 6) is 0.715. The van der Waals surface area contributed by atoms with E-state index < -0.39 is 0 Å². The average Bonchev–Trinajstić information content (AvgIpc) is 3.58. The van der Waals surface area contributed by atoms with Gasteiger partial charge in [0.15, 0.2) is 5.78 Å². The van der Waals surface area contributed by atoms with Crippen LogP contribution in [0.3, 0.4) is 0 Å². The highest BCUT2D eigenvalue weighted by Gasteiger charge is 2.33. The zero-order valence-electron chi connectivity index (χ0n) is 18.7. The van der Waals surface area contributed by atoms with Crippen molar-refractivity contribution < 1.29 is 9.59 Å². The Labute approximate surface area is 201 Å². The molecule has 1 amide bonds. The molecule has 2 aromatic heterocycles. The van der Waals surface area contributed by atoms with Crippen molar-refractivity contribution in [2.24, 2.45) is 0 Å². The van der Waals surface area contributed by atoms with Crippen molar-refractivity contribution in [3.05, 3.63) is 107 Å². The number of fused-ring (bicyclic) bond motifs is 5. The van der Waals surface area contributed by atoms with Crippen molar-refractivity contribution in [1.29, 1.82) is 0 Å². The molecular formula is C29H20N4O2. The number of Topliss-reactive ketones (excluding diaryl/α,β-unsaturated/α-hetero) is 1. The lowest BCUT2D eigenvalue weighted by Gasteiger charge is -2.17. The molecular weight excluding hydrogens is 436 g/mol. The van der Waals surface area contributed by atoms with Gasteiger partial charge < -0.3 is 10.3 Å². The molecule has 6 nitrogen and oxygen atoms in total. The molecule has 2 heterocycles. The van der Waals surface area contributed by atoms with E-state index in [1.54, 1.807) is 18.5 Å². The molecule has 0 bridgehead atoms. The van der Waals surface area contributed by atoms with Crippen LogP contribution < -0.4 is 5.32 Å². The number of H-pyrrole nitrogens is 1. The molecule has 0 aliphatic heterocycles. The van der Waals surface area contributed by atoms with E-state index in [4.69, 9.17) is 4.98 Å². The van der Waals surface area contributed by atoms with E-state index in [1.807, 2.05) is 36.4 Å². The van der Waals surface area contributed by atoms with Crippen LogP contribution in [0.1, 0.15) is 49.9 Å². The van der Waals surface area contributed by atoms with Gasteiger partial charge in [0.25, 0.3) is 5.91 Å². The number of hydrogen-bond acceptors (Lipinski definition) is 4. The van der Waals surface area contributed by atoms with Crippen LogP contribution in [-0.2, 0) is 6.42 Å². The number of carbonyl (C=O) groups is 2. The number of imidazole rings is 1. The topological polar surface area (TPSA) is 87.7 Å². The van der Waals surface area contributed by atoms with Gasteiger partial charge in [-0.2, -0.15) is 0 Å². The number of aromatic amines is 1. The first-order chi connectivity index (χ1) is 17.2. The van der Waals surface area contributed by atoms with Gasteiger partial charge >= 0.3 is 0 Å². The normalized spacial score (nSPS) is 15.7. The van der Waals surface area contributed by atoms with Gasteiger partial charge in [-0.25, -0.2) is 4.98 Å². The van der Waals surface area contributed by atoms with Gasteiger partial charge in [-0.1, -0.05) is 54.6 Å². The Kier molecular flexibility index (Phi) is 4.23. The van der Waals surface area contributed by atoms with Gasteiger partial charge in [-0.3, -0.25) is 14.6 Å². The van der Waals surface area contributed by atoms with Crippen molar-refractivity contribution in [1.82, 2.24) is 20.3 Å². The van der Waals surface area contributed by atoms with Crippen LogP contribution in [0.5, 0.6) is 0 Å². The van der Waals surface area contributed by atoms with E-state index in [2.05, 4.69) is 39.6 Å². The Morgan fingerprint density at radius 3 is 2.60 bits per heavy atom. The van der Waals surface area contributed by atoms with Crippen molar-refractivity contribution >= 4 is 22.7 Å². The number of ketones is 1. The summed E-state index contributed by atoms with van der Waals surface area (Å²) in [7, 11) is 0. The second kappa shape index (κ2) is 7.46. The molecule has 3 aromatic carbocycles. The van der Waals surface area contributed by atoms with E-state index in [0.29, 0.717) is 24.0 Å². The van der Waals surface area contributed by atoms with E-state index in [0.717, 1.165) is 50.2 Å². The Morgan fingerprint density at radius 2 is 1.69 bits per heavy atom. The largest absolute Gasteiger partial charge is 0.341 e. The van der Waals surface area contributed by atoms with Crippen LogP contribution in [0, 0.1) is 0 Å². The monoisotopic (exact) mass is 456 g/mol. The lowest BCUT2D eigenvalue weighted by Crippen LogP contribution is -2.29. The number of benzene rings is 3. The first kappa shape index (κ1) is 19.9. The maximum atomic E-state index is 13.5. The lowest BCUT2D eigenvalue weighted by atomic mass is 9.98. The van der Waals surface area contributed by atoms with Crippen LogP contribution in [0.15, 0.2) is 79.1 Å². The molecule has 35 heavy (non-hydrogen) atoms. The molecule has 6 heteroatoms. The highest BCUT2D eigenvalue weighted by atomic mass is 16.1. The van der Waals surface area contributed by atoms with Gasteiger partial charge in [-0.15, -0.1) is 0 Å². The molecule has 0 saturated heterocycles. The maximum absolute atomic E-state index is 13.5. The molecule has 0 fully saturated rings. The van der Waals surface area contributed by atoms with Crippen LogP contribution in [0.2, 0.25) is 0 Å².